The second-order valence-corrected chi connectivity index (χ2v) is 16.5. The van der Waals surface area contributed by atoms with E-state index in [1.54, 1.807) is 0 Å². The summed E-state index contributed by atoms with van der Waals surface area (Å²) in [6.45, 7) is 3.95. The molecular weight excluding hydrogens is 765 g/mol. The molecule has 0 heterocycles. The maximum atomic E-state index is 12.2. The first kappa shape index (κ1) is 58.6. The molecule has 1 unspecified atom stereocenters. The summed E-state index contributed by atoms with van der Waals surface area (Å²) in [5.41, 5.74) is 0. The van der Waals surface area contributed by atoms with Crippen molar-refractivity contribution in [1.82, 2.24) is 0 Å². The Labute approximate surface area is 382 Å². The van der Waals surface area contributed by atoms with Crippen molar-refractivity contribution in [2.24, 2.45) is 0 Å². The van der Waals surface area contributed by atoms with Gasteiger partial charge in [0, 0.05) is 12.8 Å². The lowest BCUT2D eigenvalue weighted by Crippen LogP contribution is -2.28. The van der Waals surface area contributed by atoms with Crippen molar-refractivity contribution in [1.29, 1.82) is 0 Å². The minimum atomic E-state index is -0.820. The van der Waals surface area contributed by atoms with Crippen LogP contribution in [0.2, 0.25) is 0 Å². The van der Waals surface area contributed by atoms with Gasteiger partial charge in [0.25, 0.3) is 0 Å². The van der Waals surface area contributed by atoms with E-state index in [-0.39, 0.29) is 25.6 Å². The summed E-state index contributed by atoms with van der Waals surface area (Å²) in [6, 6.07) is 0. The van der Waals surface area contributed by atoms with Crippen LogP contribution in [0.15, 0.2) is 109 Å². The van der Waals surface area contributed by atoms with Gasteiger partial charge in [-0.3, -0.25) is 9.59 Å². The zero-order valence-corrected chi connectivity index (χ0v) is 40.1. The number of hydrogen-bond donors (Lipinski definition) is 1. The largest absolute Gasteiger partial charge is 0.462 e. The van der Waals surface area contributed by atoms with E-state index in [1.807, 2.05) is 12.2 Å². The van der Waals surface area contributed by atoms with Gasteiger partial charge in [-0.25, -0.2) is 0 Å². The summed E-state index contributed by atoms with van der Waals surface area (Å²) in [5, 5.41) is 9.60. The van der Waals surface area contributed by atoms with E-state index < -0.39 is 12.1 Å². The molecule has 62 heavy (non-hydrogen) atoms. The fourth-order valence-corrected chi connectivity index (χ4v) is 6.76. The monoisotopic (exact) mass is 859 g/mol. The molecule has 1 atom stereocenters. The number of carbonyl (C=O) groups excluding carboxylic acids is 2. The van der Waals surface area contributed by atoms with Crippen molar-refractivity contribution >= 4 is 11.9 Å². The van der Waals surface area contributed by atoms with E-state index in [0.717, 1.165) is 70.6 Å². The van der Waals surface area contributed by atoms with Crippen molar-refractivity contribution in [2.45, 2.75) is 225 Å². The highest BCUT2D eigenvalue weighted by Crippen LogP contribution is 2.14. The minimum Gasteiger partial charge on any atom is -0.462 e. The number of ether oxygens (including phenoxy) is 2. The predicted molar refractivity (Wildman–Crippen MR) is 269 cm³/mol. The summed E-state index contributed by atoms with van der Waals surface area (Å²) >= 11 is 0. The van der Waals surface area contributed by atoms with Crippen LogP contribution >= 0.6 is 0 Å². The van der Waals surface area contributed by atoms with Crippen LogP contribution in [-0.4, -0.2) is 36.4 Å². The molecule has 352 valence electrons. The second-order valence-electron chi connectivity index (χ2n) is 16.5. The van der Waals surface area contributed by atoms with E-state index in [2.05, 4.69) is 111 Å². The van der Waals surface area contributed by atoms with E-state index >= 15 is 0 Å². The number of aliphatic hydroxyl groups is 1. The molecule has 0 spiro atoms. The molecule has 0 aliphatic heterocycles. The molecule has 5 heteroatoms. The Morgan fingerprint density at radius 1 is 0.387 bits per heavy atom. The van der Waals surface area contributed by atoms with Gasteiger partial charge in [0.15, 0.2) is 6.10 Å². The smallest absolute Gasteiger partial charge is 0.306 e. The summed E-state index contributed by atoms with van der Waals surface area (Å²) in [5.74, 6) is -0.694. The molecule has 0 bridgehead atoms. The first-order valence-corrected chi connectivity index (χ1v) is 25.4. The van der Waals surface area contributed by atoms with Gasteiger partial charge >= 0.3 is 11.9 Å². The van der Waals surface area contributed by atoms with Crippen LogP contribution in [0.3, 0.4) is 0 Å². The Hall–Kier alpha value is -3.44. The fraction of sp³-hybridized carbons (Fsp3) is 0.649. The van der Waals surface area contributed by atoms with Crippen molar-refractivity contribution in [2.75, 3.05) is 13.2 Å². The van der Waals surface area contributed by atoms with E-state index in [4.69, 9.17) is 9.47 Å². The van der Waals surface area contributed by atoms with Crippen LogP contribution in [0, 0.1) is 0 Å². The van der Waals surface area contributed by atoms with Crippen LogP contribution in [0.1, 0.15) is 219 Å². The first-order valence-electron chi connectivity index (χ1n) is 25.4. The van der Waals surface area contributed by atoms with Crippen molar-refractivity contribution in [3.05, 3.63) is 109 Å². The molecule has 0 saturated heterocycles. The van der Waals surface area contributed by atoms with Gasteiger partial charge in [0.2, 0.25) is 0 Å². The molecular formula is C57H94O5. The summed E-state index contributed by atoms with van der Waals surface area (Å²) in [7, 11) is 0. The van der Waals surface area contributed by atoms with Crippen LogP contribution in [0.4, 0.5) is 0 Å². The molecule has 1 N–H and O–H groups in total. The number of unbranched alkanes of at least 4 members (excludes halogenated alkanes) is 19. The maximum Gasteiger partial charge on any atom is 0.306 e. The molecule has 0 radical (unpaired) electrons. The van der Waals surface area contributed by atoms with Gasteiger partial charge in [-0.05, 0) is 89.9 Å². The van der Waals surface area contributed by atoms with Crippen LogP contribution in [-0.2, 0) is 19.1 Å². The van der Waals surface area contributed by atoms with Gasteiger partial charge in [-0.15, -0.1) is 0 Å². The molecule has 0 saturated carbocycles. The average molecular weight is 859 g/mol. The topological polar surface area (TPSA) is 72.8 Å². The third-order valence-corrected chi connectivity index (χ3v) is 10.6. The van der Waals surface area contributed by atoms with Crippen molar-refractivity contribution in [3.8, 4) is 0 Å². The SMILES string of the molecule is CC/C=C\C/C=C\C/C=C\C/C=C\C/C=C\C/C=C\CCC(=O)OC(CO)COC(=O)CCCCCCCCCCCCCCCC/C=C\C/C=C\C/C=C\CCCCCCC. The van der Waals surface area contributed by atoms with E-state index in [1.165, 1.54) is 116 Å². The second kappa shape index (κ2) is 51.9. The number of carbonyl (C=O) groups is 2. The lowest BCUT2D eigenvalue weighted by molar-refractivity contribution is -0.161. The van der Waals surface area contributed by atoms with Crippen LogP contribution in [0.5, 0.6) is 0 Å². The van der Waals surface area contributed by atoms with E-state index in [0.29, 0.717) is 12.8 Å². The number of allylic oxidation sites excluding steroid dienone is 18. The highest BCUT2D eigenvalue weighted by molar-refractivity contribution is 5.70. The van der Waals surface area contributed by atoms with Crippen molar-refractivity contribution in [3.63, 3.8) is 0 Å². The number of rotatable bonds is 45. The maximum absolute atomic E-state index is 12.2. The molecule has 0 fully saturated rings. The van der Waals surface area contributed by atoms with E-state index in [9.17, 15) is 14.7 Å². The Bertz CT molecular complexity index is 1250. The fourth-order valence-electron chi connectivity index (χ4n) is 6.76. The third kappa shape index (κ3) is 49.2. The molecule has 0 aliphatic rings. The normalized spacial score (nSPS) is 13.1. The summed E-state index contributed by atoms with van der Waals surface area (Å²) in [4.78, 5) is 24.4. The molecule has 0 amide bonds. The highest BCUT2D eigenvalue weighted by atomic mass is 16.6. The van der Waals surface area contributed by atoms with Crippen molar-refractivity contribution < 1.29 is 24.2 Å². The molecule has 0 aromatic carbocycles. The predicted octanol–water partition coefficient (Wildman–Crippen LogP) is 17.0. The Balaban J connectivity index is 3.60. The Kier molecular flexibility index (Phi) is 49.0. The molecule has 0 rings (SSSR count). The highest BCUT2D eigenvalue weighted by Gasteiger charge is 2.15. The van der Waals surface area contributed by atoms with Gasteiger partial charge in [-0.2, -0.15) is 0 Å². The van der Waals surface area contributed by atoms with Gasteiger partial charge in [0.1, 0.15) is 6.61 Å². The first-order chi connectivity index (χ1) is 30.6. The molecule has 0 aliphatic carbocycles. The third-order valence-electron chi connectivity index (χ3n) is 10.6. The standard InChI is InChI=1S/C57H94O5/c1-3-5-7-9-11-13-15-17-19-21-23-24-25-26-27-28-29-30-31-32-34-35-37-39-41-43-45-47-49-51-56(59)61-54-55(53-58)62-57(60)52-50-48-46-44-42-40-38-36-33-22-20-18-16-14-12-10-8-6-4-2/h6,8,12,14-15,17-18,20-21,23,25-26,33,36,40,42,46,48,55,58H,3-5,7,9-11,13,16,19,22,24,27-32,34-35,37-39,41,43-45,47,49-54H2,1-2H3/b8-6-,14-12-,17-15-,20-18-,23-21-,26-25-,36-33-,42-40-,48-46-. The minimum absolute atomic E-state index is 0.102. The molecule has 5 nitrogen and oxygen atoms in total. The number of esters is 2. The average Bonchev–Trinajstić information content (AvgIpc) is 3.28. The number of aliphatic hydroxyl groups excluding tert-OH is 1. The zero-order valence-electron chi connectivity index (χ0n) is 40.1. The Morgan fingerprint density at radius 2 is 0.726 bits per heavy atom. The lowest BCUT2D eigenvalue weighted by atomic mass is 10.0. The van der Waals surface area contributed by atoms with Crippen LogP contribution in [0.25, 0.3) is 0 Å². The summed E-state index contributed by atoms with van der Waals surface area (Å²) < 4.78 is 10.6. The zero-order chi connectivity index (χ0) is 44.9. The van der Waals surface area contributed by atoms with Gasteiger partial charge in [0.05, 0.1) is 6.61 Å². The van der Waals surface area contributed by atoms with Gasteiger partial charge < -0.3 is 14.6 Å². The lowest BCUT2D eigenvalue weighted by Gasteiger charge is -2.15. The Morgan fingerprint density at radius 3 is 1.11 bits per heavy atom. The van der Waals surface area contributed by atoms with Gasteiger partial charge in [-0.1, -0.05) is 226 Å². The summed E-state index contributed by atoms with van der Waals surface area (Å²) in [6.07, 6.45) is 74.8. The molecule has 0 aromatic rings. The van der Waals surface area contributed by atoms with Crippen LogP contribution < -0.4 is 0 Å². The number of hydrogen-bond acceptors (Lipinski definition) is 5. The quantitative estimate of drug-likeness (QED) is 0.0375. The molecule has 0 aromatic heterocycles.